The van der Waals surface area contributed by atoms with Crippen LogP contribution < -0.4 is 5.73 Å². The van der Waals surface area contributed by atoms with Crippen LogP contribution in [-0.2, 0) is 12.7 Å². The van der Waals surface area contributed by atoms with Gasteiger partial charge in [-0.25, -0.2) is 0 Å². The molecule has 2 aromatic rings. The molecule has 0 saturated heterocycles. The zero-order valence-electron chi connectivity index (χ0n) is 7.94. The summed E-state index contributed by atoms with van der Waals surface area (Å²) >= 11 is 3.05. The van der Waals surface area contributed by atoms with Gasteiger partial charge in [0.2, 0.25) is 0 Å². The molecule has 0 unspecified atom stereocenters. The number of hydrogen-bond acceptors (Lipinski definition) is 2. The van der Waals surface area contributed by atoms with E-state index in [1.807, 2.05) is 0 Å². The summed E-state index contributed by atoms with van der Waals surface area (Å²) in [5.74, 6) is 0.454. The number of furan rings is 1. The summed E-state index contributed by atoms with van der Waals surface area (Å²) in [6.07, 6.45) is -4.36. The smallest absolute Gasteiger partial charge is 0.416 e. The lowest BCUT2D eigenvalue weighted by atomic mass is 10.1. The molecule has 1 aromatic heterocycles. The minimum Gasteiger partial charge on any atom is -0.459 e. The van der Waals surface area contributed by atoms with Gasteiger partial charge >= 0.3 is 6.18 Å². The minimum absolute atomic E-state index is 0.155. The summed E-state index contributed by atoms with van der Waals surface area (Å²) in [4.78, 5) is 0. The van der Waals surface area contributed by atoms with Crippen molar-refractivity contribution in [3.8, 4) is 0 Å². The summed E-state index contributed by atoms with van der Waals surface area (Å²) in [6, 6.07) is 3.55. The lowest BCUT2D eigenvalue weighted by Crippen LogP contribution is -2.04. The third-order valence-electron chi connectivity index (χ3n) is 2.15. The molecule has 0 radical (unpaired) electrons. The minimum atomic E-state index is -4.36. The molecule has 86 valence electrons. The highest BCUT2D eigenvalue weighted by atomic mass is 79.9. The van der Waals surface area contributed by atoms with Crippen LogP contribution in [0.3, 0.4) is 0 Å². The maximum Gasteiger partial charge on any atom is 0.416 e. The molecule has 1 aromatic carbocycles. The number of benzene rings is 1. The molecule has 0 spiro atoms. The summed E-state index contributed by atoms with van der Waals surface area (Å²) < 4.78 is 43.1. The molecule has 1 heterocycles. The molecular weight excluding hydrogens is 287 g/mol. The van der Waals surface area contributed by atoms with Crippen molar-refractivity contribution in [2.45, 2.75) is 12.7 Å². The van der Waals surface area contributed by atoms with Gasteiger partial charge in [-0.2, -0.15) is 13.2 Å². The van der Waals surface area contributed by atoms with Gasteiger partial charge in [-0.15, -0.1) is 0 Å². The first kappa shape index (κ1) is 11.5. The van der Waals surface area contributed by atoms with Crippen molar-refractivity contribution in [3.05, 3.63) is 34.0 Å². The molecule has 0 amide bonds. The van der Waals surface area contributed by atoms with Crippen LogP contribution >= 0.6 is 15.9 Å². The molecular formula is C10H7BrF3NO. The summed E-state index contributed by atoms with van der Waals surface area (Å²) in [6.45, 7) is 0.155. The topological polar surface area (TPSA) is 39.2 Å². The van der Waals surface area contributed by atoms with Gasteiger partial charge in [-0.3, -0.25) is 0 Å². The van der Waals surface area contributed by atoms with Gasteiger partial charge in [-0.05, 0) is 34.1 Å². The Morgan fingerprint density at radius 1 is 1.25 bits per heavy atom. The summed E-state index contributed by atoms with van der Waals surface area (Å²) in [7, 11) is 0. The fourth-order valence-corrected chi connectivity index (χ4v) is 1.98. The van der Waals surface area contributed by atoms with Crippen LogP contribution in [0.25, 0.3) is 11.0 Å². The van der Waals surface area contributed by atoms with Gasteiger partial charge in [0.25, 0.3) is 0 Å². The second kappa shape index (κ2) is 3.78. The van der Waals surface area contributed by atoms with Crippen molar-refractivity contribution in [2.75, 3.05) is 0 Å². The Labute approximate surface area is 97.3 Å². The molecule has 2 N–H and O–H groups in total. The van der Waals surface area contributed by atoms with Crippen LogP contribution in [0.2, 0.25) is 0 Å². The molecule has 0 bridgehead atoms. The average molecular weight is 294 g/mol. The predicted octanol–water partition coefficient (Wildman–Crippen LogP) is 3.67. The van der Waals surface area contributed by atoms with Crippen molar-refractivity contribution >= 4 is 26.9 Å². The quantitative estimate of drug-likeness (QED) is 0.871. The second-order valence-electron chi connectivity index (χ2n) is 3.29. The number of fused-ring (bicyclic) bond motifs is 1. The van der Waals surface area contributed by atoms with E-state index in [0.717, 1.165) is 12.1 Å². The number of hydrogen-bond donors (Lipinski definition) is 1. The standard InChI is InChI=1S/C10H7BrF3NO/c11-8-3-6(10(12,13)14)1-5-2-7(4-15)16-9(5)8/h1-3H,4,15H2. The molecule has 0 aliphatic rings. The van der Waals surface area contributed by atoms with Crippen molar-refractivity contribution in [3.63, 3.8) is 0 Å². The van der Waals surface area contributed by atoms with E-state index in [9.17, 15) is 13.2 Å². The van der Waals surface area contributed by atoms with Crippen LogP contribution in [0.4, 0.5) is 13.2 Å². The van der Waals surface area contributed by atoms with Gasteiger partial charge < -0.3 is 10.2 Å². The molecule has 2 nitrogen and oxygen atoms in total. The van der Waals surface area contributed by atoms with Gasteiger partial charge in [0.05, 0.1) is 16.6 Å². The normalized spacial score (nSPS) is 12.3. The van der Waals surface area contributed by atoms with E-state index >= 15 is 0 Å². The Hall–Kier alpha value is -1.01. The predicted molar refractivity (Wildman–Crippen MR) is 56.8 cm³/mol. The van der Waals surface area contributed by atoms with E-state index in [1.54, 1.807) is 0 Å². The zero-order valence-corrected chi connectivity index (χ0v) is 9.52. The highest BCUT2D eigenvalue weighted by molar-refractivity contribution is 9.10. The number of alkyl halides is 3. The number of halogens is 4. The summed E-state index contributed by atoms with van der Waals surface area (Å²) in [5, 5.41) is 0.391. The Balaban J connectivity index is 2.67. The maximum atomic E-state index is 12.5. The lowest BCUT2D eigenvalue weighted by molar-refractivity contribution is -0.137. The Morgan fingerprint density at radius 2 is 1.94 bits per heavy atom. The molecule has 0 fully saturated rings. The number of rotatable bonds is 1. The van der Waals surface area contributed by atoms with Gasteiger partial charge in [0, 0.05) is 5.39 Å². The third-order valence-corrected chi connectivity index (χ3v) is 2.74. The van der Waals surface area contributed by atoms with Gasteiger partial charge in [0.1, 0.15) is 11.3 Å². The van der Waals surface area contributed by atoms with E-state index in [2.05, 4.69) is 15.9 Å². The SMILES string of the molecule is NCc1cc2cc(C(F)(F)F)cc(Br)c2o1. The van der Waals surface area contributed by atoms with Crippen LogP contribution in [0.1, 0.15) is 11.3 Å². The molecule has 2 rings (SSSR count). The zero-order chi connectivity index (χ0) is 11.9. The highest BCUT2D eigenvalue weighted by Gasteiger charge is 2.31. The van der Waals surface area contributed by atoms with Crippen LogP contribution in [0.15, 0.2) is 27.1 Å². The Kier molecular flexibility index (Phi) is 2.71. The van der Waals surface area contributed by atoms with E-state index in [4.69, 9.17) is 10.2 Å². The highest BCUT2D eigenvalue weighted by Crippen LogP contribution is 2.36. The average Bonchev–Trinajstić information content (AvgIpc) is 2.59. The molecule has 0 atom stereocenters. The molecule has 6 heteroatoms. The summed E-state index contributed by atoms with van der Waals surface area (Å²) in [5.41, 5.74) is 5.03. The van der Waals surface area contributed by atoms with Crippen LogP contribution in [0, 0.1) is 0 Å². The van der Waals surface area contributed by atoms with E-state index in [-0.39, 0.29) is 11.0 Å². The molecule has 0 aliphatic heterocycles. The van der Waals surface area contributed by atoms with Gasteiger partial charge in [0.15, 0.2) is 0 Å². The van der Waals surface area contributed by atoms with Crippen molar-refractivity contribution in [1.82, 2.24) is 0 Å². The van der Waals surface area contributed by atoms with Crippen LogP contribution in [-0.4, -0.2) is 0 Å². The Bertz CT molecular complexity index is 533. The first-order valence-electron chi connectivity index (χ1n) is 4.41. The molecule has 0 aliphatic carbocycles. The van der Waals surface area contributed by atoms with E-state index in [1.165, 1.54) is 6.07 Å². The maximum absolute atomic E-state index is 12.5. The first-order valence-corrected chi connectivity index (χ1v) is 5.20. The largest absolute Gasteiger partial charge is 0.459 e. The fourth-order valence-electron chi connectivity index (χ4n) is 1.43. The van der Waals surface area contributed by atoms with E-state index < -0.39 is 11.7 Å². The van der Waals surface area contributed by atoms with Gasteiger partial charge in [-0.1, -0.05) is 0 Å². The second-order valence-corrected chi connectivity index (χ2v) is 4.15. The monoisotopic (exact) mass is 293 g/mol. The van der Waals surface area contributed by atoms with Crippen LogP contribution in [0.5, 0.6) is 0 Å². The van der Waals surface area contributed by atoms with E-state index in [0.29, 0.717) is 16.7 Å². The van der Waals surface area contributed by atoms with Crippen molar-refractivity contribution < 1.29 is 17.6 Å². The number of nitrogens with two attached hydrogens (primary N) is 1. The third kappa shape index (κ3) is 1.94. The van der Waals surface area contributed by atoms with Crippen molar-refractivity contribution in [1.29, 1.82) is 0 Å². The first-order chi connectivity index (χ1) is 7.41. The Morgan fingerprint density at radius 3 is 2.50 bits per heavy atom. The molecule has 16 heavy (non-hydrogen) atoms. The fraction of sp³-hybridized carbons (Fsp3) is 0.200. The van der Waals surface area contributed by atoms with Crippen molar-refractivity contribution in [2.24, 2.45) is 5.73 Å². The molecule has 0 saturated carbocycles. The lowest BCUT2D eigenvalue weighted by Gasteiger charge is -2.06.